The molecule has 0 bridgehead atoms. The molecule has 0 saturated heterocycles. The fourth-order valence-electron chi connectivity index (χ4n) is 3.47. The molecule has 6 nitrogen and oxygen atoms in total. The second-order valence-corrected chi connectivity index (χ2v) is 8.07. The number of halogens is 1. The summed E-state index contributed by atoms with van der Waals surface area (Å²) in [6, 6.07) is 13.2. The summed E-state index contributed by atoms with van der Waals surface area (Å²) in [7, 11) is 1.53. The van der Waals surface area contributed by atoms with Crippen LogP contribution in [0.15, 0.2) is 53.3 Å². The molecule has 0 aliphatic rings. The highest BCUT2D eigenvalue weighted by Crippen LogP contribution is 2.30. The van der Waals surface area contributed by atoms with E-state index < -0.39 is 0 Å². The maximum Gasteiger partial charge on any atom is 0.266 e. The fraction of sp³-hybridized carbons (Fsp3) is 0.174. The molecule has 1 amide bonds. The summed E-state index contributed by atoms with van der Waals surface area (Å²) in [5, 5.41) is 3.24. The number of nitrogens with zero attached hydrogens (tertiary/aromatic N) is 2. The third-order valence-corrected chi connectivity index (χ3v) is 6.22. The maximum atomic E-state index is 13.6. The van der Waals surface area contributed by atoms with Gasteiger partial charge in [0.2, 0.25) is 0 Å². The Labute approximate surface area is 181 Å². The first-order chi connectivity index (χ1) is 14.9. The van der Waals surface area contributed by atoms with E-state index in [9.17, 15) is 14.0 Å². The van der Waals surface area contributed by atoms with Crippen molar-refractivity contribution in [3.63, 3.8) is 0 Å². The lowest BCUT2D eigenvalue weighted by Gasteiger charge is -2.10. The van der Waals surface area contributed by atoms with E-state index >= 15 is 0 Å². The van der Waals surface area contributed by atoms with Crippen molar-refractivity contribution in [3.8, 4) is 5.75 Å². The number of amides is 1. The third-order valence-electron chi connectivity index (χ3n) is 5.03. The number of carbonyl (C=O) groups is 1. The SMILES string of the molecule is COc1ccccc1NC(=O)c1sc2nc(C)n(Cc3cccc(F)c3)c(=O)c2c1C. The lowest BCUT2D eigenvalue weighted by molar-refractivity contribution is 0.102. The van der Waals surface area contributed by atoms with Gasteiger partial charge in [-0.2, -0.15) is 0 Å². The fourth-order valence-corrected chi connectivity index (χ4v) is 4.58. The van der Waals surface area contributed by atoms with Gasteiger partial charge in [0, 0.05) is 0 Å². The van der Waals surface area contributed by atoms with Crippen LogP contribution < -0.4 is 15.6 Å². The number of hydrogen-bond donors (Lipinski definition) is 1. The van der Waals surface area contributed by atoms with Crippen molar-refractivity contribution in [1.29, 1.82) is 0 Å². The van der Waals surface area contributed by atoms with Crippen LogP contribution in [0, 0.1) is 19.7 Å². The van der Waals surface area contributed by atoms with Crippen molar-refractivity contribution >= 4 is 33.1 Å². The minimum atomic E-state index is -0.362. The average molecular weight is 437 g/mol. The number of benzene rings is 2. The van der Waals surface area contributed by atoms with Gasteiger partial charge >= 0.3 is 0 Å². The van der Waals surface area contributed by atoms with E-state index in [2.05, 4.69) is 10.3 Å². The van der Waals surface area contributed by atoms with Crippen LogP contribution >= 0.6 is 11.3 Å². The van der Waals surface area contributed by atoms with Gasteiger partial charge in [-0.05, 0) is 49.2 Å². The number of nitrogens with one attached hydrogen (secondary N) is 1. The van der Waals surface area contributed by atoms with E-state index in [1.165, 1.54) is 35.1 Å². The summed E-state index contributed by atoms with van der Waals surface area (Å²) in [6.45, 7) is 3.66. The molecule has 8 heteroatoms. The molecule has 0 spiro atoms. The number of aromatic nitrogens is 2. The number of ether oxygens (including phenoxy) is 1. The van der Waals surface area contributed by atoms with Crippen molar-refractivity contribution < 1.29 is 13.9 Å². The van der Waals surface area contributed by atoms with Gasteiger partial charge in [0.1, 0.15) is 22.2 Å². The van der Waals surface area contributed by atoms with Crippen LogP contribution in [-0.4, -0.2) is 22.6 Å². The molecule has 158 valence electrons. The number of fused-ring (bicyclic) bond motifs is 1. The van der Waals surface area contributed by atoms with Crippen molar-refractivity contribution in [1.82, 2.24) is 9.55 Å². The summed E-state index contributed by atoms with van der Waals surface area (Å²) in [6.07, 6.45) is 0. The smallest absolute Gasteiger partial charge is 0.266 e. The van der Waals surface area contributed by atoms with Crippen LogP contribution in [-0.2, 0) is 6.54 Å². The van der Waals surface area contributed by atoms with E-state index in [-0.39, 0.29) is 23.8 Å². The normalized spacial score (nSPS) is 11.0. The summed E-state index contributed by atoms with van der Waals surface area (Å²) >= 11 is 1.17. The molecule has 0 fully saturated rings. The van der Waals surface area contributed by atoms with Gasteiger partial charge in [-0.3, -0.25) is 14.2 Å². The second kappa shape index (κ2) is 8.31. The Balaban J connectivity index is 1.74. The monoisotopic (exact) mass is 437 g/mol. The molecule has 0 unspecified atom stereocenters. The largest absolute Gasteiger partial charge is 0.495 e. The Bertz CT molecular complexity index is 1360. The predicted octanol–water partition coefficient (Wildman–Crippen LogP) is 4.52. The molecule has 31 heavy (non-hydrogen) atoms. The number of anilines is 1. The molecular weight excluding hydrogens is 417 g/mol. The zero-order valence-corrected chi connectivity index (χ0v) is 18.0. The Morgan fingerprint density at radius 3 is 2.71 bits per heavy atom. The van der Waals surface area contributed by atoms with Crippen LogP contribution in [0.3, 0.4) is 0 Å². The number of carbonyl (C=O) groups excluding carboxylic acids is 1. The highest BCUT2D eigenvalue weighted by molar-refractivity contribution is 7.20. The highest BCUT2D eigenvalue weighted by Gasteiger charge is 2.21. The molecule has 2 aromatic carbocycles. The number of aryl methyl sites for hydroxylation is 2. The molecule has 4 aromatic rings. The third kappa shape index (κ3) is 3.94. The average Bonchev–Trinajstić information content (AvgIpc) is 3.07. The summed E-state index contributed by atoms with van der Waals surface area (Å²) in [4.78, 5) is 31.6. The second-order valence-electron chi connectivity index (χ2n) is 7.07. The number of para-hydroxylation sites is 2. The first kappa shape index (κ1) is 20.7. The minimum Gasteiger partial charge on any atom is -0.495 e. The molecule has 0 atom stereocenters. The molecule has 1 N–H and O–H groups in total. The summed E-state index contributed by atoms with van der Waals surface area (Å²) in [5.41, 5.74) is 1.52. The van der Waals surface area contributed by atoms with E-state index in [0.29, 0.717) is 43.5 Å². The van der Waals surface area contributed by atoms with Crippen molar-refractivity contribution in [3.05, 3.63) is 86.5 Å². The molecule has 2 aromatic heterocycles. The zero-order valence-electron chi connectivity index (χ0n) is 17.2. The van der Waals surface area contributed by atoms with Crippen molar-refractivity contribution in [2.75, 3.05) is 12.4 Å². The van der Waals surface area contributed by atoms with Crippen LogP contribution in [0.25, 0.3) is 10.2 Å². The van der Waals surface area contributed by atoms with E-state index in [1.807, 2.05) is 6.07 Å². The van der Waals surface area contributed by atoms with Crippen molar-refractivity contribution in [2.24, 2.45) is 0 Å². The minimum absolute atomic E-state index is 0.198. The Morgan fingerprint density at radius 1 is 1.19 bits per heavy atom. The molecule has 4 rings (SSSR count). The first-order valence-corrected chi connectivity index (χ1v) is 10.4. The number of rotatable bonds is 5. The van der Waals surface area contributed by atoms with Gasteiger partial charge in [-0.15, -0.1) is 11.3 Å². The Morgan fingerprint density at radius 2 is 1.97 bits per heavy atom. The first-order valence-electron chi connectivity index (χ1n) is 9.58. The number of hydrogen-bond acceptors (Lipinski definition) is 5. The number of methoxy groups -OCH3 is 1. The van der Waals surface area contributed by atoms with E-state index in [1.54, 1.807) is 44.2 Å². The lowest BCUT2D eigenvalue weighted by atomic mass is 10.2. The van der Waals surface area contributed by atoms with Crippen LogP contribution in [0.2, 0.25) is 0 Å². The van der Waals surface area contributed by atoms with Gasteiger partial charge in [0.05, 0.1) is 29.6 Å². The molecule has 0 radical (unpaired) electrons. The van der Waals surface area contributed by atoms with Gasteiger partial charge in [0.25, 0.3) is 11.5 Å². The number of thiophene rings is 1. The van der Waals surface area contributed by atoms with Gasteiger partial charge in [-0.25, -0.2) is 9.37 Å². The molecule has 2 heterocycles. The van der Waals surface area contributed by atoms with Gasteiger partial charge in [-0.1, -0.05) is 24.3 Å². The molecular formula is C23H20FN3O3S. The van der Waals surface area contributed by atoms with Crippen LogP contribution in [0.5, 0.6) is 5.75 Å². The molecule has 0 aliphatic heterocycles. The summed E-state index contributed by atoms with van der Waals surface area (Å²) in [5.74, 6) is 0.346. The molecule has 0 aliphatic carbocycles. The van der Waals surface area contributed by atoms with Crippen LogP contribution in [0.1, 0.15) is 26.6 Å². The Kier molecular flexibility index (Phi) is 5.56. The quantitative estimate of drug-likeness (QED) is 0.498. The van der Waals surface area contributed by atoms with Gasteiger partial charge in [0.15, 0.2) is 0 Å². The lowest BCUT2D eigenvalue weighted by Crippen LogP contribution is -2.24. The van der Waals surface area contributed by atoms with Crippen LogP contribution in [0.4, 0.5) is 10.1 Å². The summed E-state index contributed by atoms with van der Waals surface area (Å²) < 4.78 is 20.3. The van der Waals surface area contributed by atoms with Crippen molar-refractivity contribution in [2.45, 2.75) is 20.4 Å². The van der Waals surface area contributed by atoms with E-state index in [0.717, 1.165) is 0 Å². The maximum absolute atomic E-state index is 13.6. The highest BCUT2D eigenvalue weighted by atomic mass is 32.1. The molecule has 0 saturated carbocycles. The zero-order chi connectivity index (χ0) is 22.1. The van der Waals surface area contributed by atoms with Gasteiger partial charge < -0.3 is 10.1 Å². The predicted molar refractivity (Wildman–Crippen MR) is 120 cm³/mol. The Hall–Kier alpha value is -3.52. The topological polar surface area (TPSA) is 73.2 Å². The standard InChI is InChI=1S/C23H20FN3O3S/c1-13-19-22(31-20(13)21(28)26-17-9-4-5-10-18(17)30-3)25-14(2)27(23(19)29)12-15-7-6-8-16(24)11-15/h4-11H,12H2,1-3H3,(H,26,28). The van der Waals surface area contributed by atoms with E-state index in [4.69, 9.17) is 4.74 Å².